The first-order chi connectivity index (χ1) is 11.1. The van der Waals surface area contributed by atoms with Crippen molar-refractivity contribution in [1.29, 1.82) is 0 Å². The SMILES string of the molecule is COC(OC)c1ccc(C(C)(C)CC(C)(C)C)cc1C(OC)OC. The highest BCUT2D eigenvalue weighted by atomic mass is 16.7. The molecule has 138 valence electrons. The Labute approximate surface area is 147 Å². The van der Waals surface area contributed by atoms with E-state index in [2.05, 4.69) is 52.8 Å². The van der Waals surface area contributed by atoms with Crippen LogP contribution in [0.2, 0.25) is 0 Å². The third-order valence-electron chi connectivity index (χ3n) is 4.20. The van der Waals surface area contributed by atoms with Gasteiger partial charge < -0.3 is 18.9 Å². The average Bonchev–Trinajstić information content (AvgIpc) is 2.48. The monoisotopic (exact) mass is 338 g/mol. The zero-order valence-corrected chi connectivity index (χ0v) is 16.7. The molecule has 0 unspecified atom stereocenters. The van der Waals surface area contributed by atoms with Gasteiger partial charge in [-0.1, -0.05) is 46.8 Å². The van der Waals surface area contributed by atoms with Crippen LogP contribution in [-0.2, 0) is 24.4 Å². The van der Waals surface area contributed by atoms with Gasteiger partial charge in [-0.2, -0.15) is 0 Å². The van der Waals surface area contributed by atoms with E-state index in [0.717, 1.165) is 17.5 Å². The first kappa shape index (κ1) is 21.1. The highest BCUT2D eigenvalue weighted by Crippen LogP contribution is 2.39. The third kappa shape index (κ3) is 5.28. The first-order valence-corrected chi connectivity index (χ1v) is 8.35. The Balaban J connectivity index is 3.39. The maximum Gasteiger partial charge on any atom is 0.183 e. The zero-order valence-electron chi connectivity index (χ0n) is 16.7. The molecule has 0 fully saturated rings. The molecule has 0 bridgehead atoms. The van der Waals surface area contributed by atoms with E-state index < -0.39 is 12.6 Å². The molecular weight excluding hydrogens is 304 g/mol. The van der Waals surface area contributed by atoms with Crippen LogP contribution in [0.1, 0.15) is 70.3 Å². The van der Waals surface area contributed by atoms with Gasteiger partial charge in [0, 0.05) is 39.6 Å². The number of benzene rings is 1. The van der Waals surface area contributed by atoms with Crippen LogP contribution in [0.3, 0.4) is 0 Å². The second-order valence-corrected chi connectivity index (χ2v) is 8.07. The number of rotatable bonds is 8. The van der Waals surface area contributed by atoms with Crippen LogP contribution in [0.25, 0.3) is 0 Å². The van der Waals surface area contributed by atoms with Crippen LogP contribution < -0.4 is 0 Å². The predicted molar refractivity (Wildman–Crippen MR) is 97.1 cm³/mol. The fraction of sp³-hybridized carbons (Fsp3) is 0.700. The van der Waals surface area contributed by atoms with Crippen LogP contribution in [0.4, 0.5) is 0 Å². The topological polar surface area (TPSA) is 36.9 Å². The molecular formula is C20H34O4. The largest absolute Gasteiger partial charge is 0.352 e. The van der Waals surface area contributed by atoms with Crippen LogP contribution >= 0.6 is 0 Å². The Morgan fingerprint density at radius 2 is 1.21 bits per heavy atom. The summed E-state index contributed by atoms with van der Waals surface area (Å²) in [5, 5.41) is 0. The van der Waals surface area contributed by atoms with Gasteiger partial charge in [-0.15, -0.1) is 0 Å². The molecule has 0 aliphatic rings. The van der Waals surface area contributed by atoms with Crippen LogP contribution in [0.5, 0.6) is 0 Å². The van der Waals surface area contributed by atoms with E-state index in [1.54, 1.807) is 28.4 Å². The summed E-state index contributed by atoms with van der Waals surface area (Å²) in [5.41, 5.74) is 3.39. The summed E-state index contributed by atoms with van der Waals surface area (Å²) in [6.07, 6.45) is 0.160. The Bertz CT molecular complexity index is 509. The third-order valence-corrected chi connectivity index (χ3v) is 4.20. The Kier molecular flexibility index (Phi) is 7.42. The Hall–Kier alpha value is -0.940. The van der Waals surface area contributed by atoms with Gasteiger partial charge in [0.1, 0.15) is 0 Å². The molecule has 4 nitrogen and oxygen atoms in total. The fourth-order valence-corrected chi connectivity index (χ4v) is 3.54. The molecule has 0 radical (unpaired) electrons. The number of ether oxygens (including phenoxy) is 4. The Morgan fingerprint density at radius 1 is 0.750 bits per heavy atom. The lowest BCUT2D eigenvalue weighted by molar-refractivity contribution is -0.123. The molecule has 0 aliphatic carbocycles. The molecule has 24 heavy (non-hydrogen) atoms. The second kappa shape index (κ2) is 8.43. The lowest BCUT2D eigenvalue weighted by atomic mass is 9.72. The van der Waals surface area contributed by atoms with E-state index in [-0.39, 0.29) is 10.8 Å². The van der Waals surface area contributed by atoms with Crippen LogP contribution in [-0.4, -0.2) is 28.4 Å². The first-order valence-electron chi connectivity index (χ1n) is 8.35. The standard InChI is InChI=1S/C20H34O4/c1-19(2,3)13-20(4,5)14-10-11-15(17(21-6)22-7)16(12-14)18(23-8)24-9/h10-12,17-18H,13H2,1-9H3. The number of hydrogen-bond donors (Lipinski definition) is 0. The molecule has 0 aromatic heterocycles. The summed E-state index contributed by atoms with van der Waals surface area (Å²) < 4.78 is 21.9. The van der Waals surface area contributed by atoms with Crippen molar-refractivity contribution in [3.05, 3.63) is 34.9 Å². The van der Waals surface area contributed by atoms with Gasteiger partial charge in [0.05, 0.1) is 0 Å². The highest BCUT2D eigenvalue weighted by molar-refractivity contribution is 5.37. The molecule has 0 aliphatic heterocycles. The lowest BCUT2D eigenvalue weighted by Gasteiger charge is -2.34. The molecule has 0 N–H and O–H groups in total. The van der Waals surface area contributed by atoms with E-state index >= 15 is 0 Å². The van der Waals surface area contributed by atoms with Crippen molar-refractivity contribution in [3.8, 4) is 0 Å². The maximum atomic E-state index is 5.50. The van der Waals surface area contributed by atoms with Gasteiger partial charge in [-0.25, -0.2) is 0 Å². The van der Waals surface area contributed by atoms with Crippen molar-refractivity contribution < 1.29 is 18.9 Å². The van der Waals surface area contributed by atoms with Crippen molar-refractivity contribution in [3.63, 3.8) is 0 Å². The minimum Gasteiger partial charge on any atom is -0.352 e. The second-order valence-electron chi connectivity index (χ2n) is 8.07. The molecule has 1 aromatic carbocycles. The maximum absolute atomic E-state index is 5.50. The van der Waals surface area contributed by atoms with E-state index in [0.29, 0.717) is 0 Å². The highest BCUT2D eigenvalue weighted by Gasteiger charge is 2.29. The summed E-state index contributed by atoms with van der Waals surface area (Å²) in [6, 6.07) is 6.36. The van der Waals surface area contributed by atoms with Crippen molar-refractivity contribution >= 4 is 0 Å². The minimum atomic E-state index is -0.460. The molecule has 0 amide bonds. The quantitative estimate of drug-likeness (QED) is 0.626. The van der Waals surface area contributed by atoms with E-state index in [1.165, 1.54) is 5.56 Å². The molecule has 1 aromatic rings. The van der Waals surface area contributed by atoms with Gasteiger partial charge in [0.2, 0.25) is 0 Å². The molecule has 0 atom stereocenters. The molecule has 0 saturated carbocycles. The molecule has 1 rings (SSSR count). The molecule has 0 heterocycles. The smallest absolute Gasteiger partial charge is 0.183 e. The van der Waals surface area contributed by atoms with Crippen molar-refractivity contribution in [2.24, 2.45) is 5.41 Å². The van der Waals surface area contributed by atoms with Crippen molar-refractivity contribution in [2.75, 3.05) is 28.4 Å². The van der Waals surface area contributed by atoms with Gasteiger partial charge in [-0.3, -0.25) is 0 Å². The lowest BCUT2D eigenvalue weighted by Crippen LogP contribution is -2.25. The number of hydrogen-bond acceptors (Lipinski definition) is 4. The van der Waals surface area contributed by atoms with Gasteiger partial charge in [-0.05, 0) is 28.9 Å². The number of methoxy groups -OCH3 is 4. The van der Waals surface area contributed by atoms with Crippen molar-refractivity contribution in [1.82, 2.24) is 0 Å². The Morgan fingerprint density at radius 3 is 1.62 bits per heavy atom. The van der Waals surface area contributed by atoms with Gasteiger partial charge in [0.15, 0.2) is 12.6 Å². The average molecular weight is 338 g/mol. The summed E-state index contributed by atoms with van der Waals surface area (Å²) in [5.74, 6) is 0. The van der Waals surface area contributed by atoms with Gasteiger partial charge in [0.25, 0.3) is 0 Å². The van der Waals surface area contributed by atoms with Gasteiger partial charge >= 0.3 is 0 Å². The zero-order chi connectivity index (χ0) is 18.5. The van der Waals surface area contributed by atoms with E-state index in [9.17, 15) is 0 Å². The minimum absolute atomic E-state index is 0.0349. The summed E-state index contributed by atoms with van der Waals surface area (Å²) >= 11 is 0. The molecule has 0 spiro atoms. The normalized spacial score (nSPS) is 13.1. The fourth-order valence-electron chi connectivity index (χ4n) is 3.54. The van der Waals surface area contributed by atoms with Crippen LogP contribution in [0, 0.1) is 5.41 Å². The van der Waals surface area contributed by atoms with Crippen molar-refractivity contribution in [2.45, 2.75) is 59.0 Å². The predicted octanol–water partition coefficient (Wildman–Crippen LogP) is 4.98. The summed E-state index contributed by atoms with van der Waals surface area (Å²) in [6.45, 7) is 11.3. The van der Waals surface area contributed by atoms with E-state index in [1.807, 2.05) is 0 Å². The summed E-state index contributed by atoms with van der Waals surface area (Å²) in [7, 11) is 6.53. The van der Waals surface area contributed by atoms with Crippen LogP contribution in [0.15, 0.2) is 18.2 Å². The summed E-state index contributed by atoms with van der Waals surface area (Å²) in [4.78, 5) is 0. The molecule has 0 saturated heterocycles. The van der Waals surface area contributed by atoms with E-state index in [4.69, 9.17) is 18.9 Å². The molecule has 4 heteroatoms.